The van der Waals surface area contributed by atoms with Gasteiger partial charge in [0.05, 0.1) is 12.4 Å². The van der Waals surface area contributed by atoms with Crippen molar-refractivity contribution in [3.05, 3.63) is 18.7 Å². The van der Waals surface area contributed by atoms with Crippen molar-refractivity contribution in [2.24, 2.45) is 0 Å². The molecule has 5 nitrogen and oxygen atoms in total. The van der Waals surface area contributed by atoms with Gasteiger partial charge in [-0.05, 0) is 12.8 Å². The molecule has 17 heavy (non-hydrogen) atoms. The molecular formula is C12H15N5. The number of aromatic nitrogens is 4. The Hall–Kier alpha value is -1.78. The maximum atomic E-state index is 4.53. The summed E-state index contributed by atoms with van der Waals surface area (Å²) in [7, 11) is 0. The Balaban J connectivity index is 1.93. The summed E-state index contributed by atoms with van der Waals surface area (Å²) in [5, 5.41) is 0. The highest BCUT2D eigenvalue weighted by Crippen LogP contribution is 2.17. The van der Waals surface area contributed by atoms with Gasteiger partial charge in [0.25, 0.3) is 0 Å². The van der Waals surface area contributed by atoms with Gasteiger partial charge < -0.3 is 4.90 Å². The molecule has 3 rings (SSSR count). The Morgan fingerprint density at radius 3 is 2.53 bits per heavy atom. The molecule has 1 aliphatic rings. The molecule has 0 saturated carbocycles. The van der Waals surface area contributed by atoms with E-state index in [2.05, 4.69) is 24.8 Å². The third kappa shape index (κ3) is 2.18. The fraction of sp³-hybridized carbons (Fsp3) is 0.500. The van der Waals surface area contributed by atoms with E-state index in [1.807, 2.05) is 0 Å². The Morgan fingerprint density at radius 1 is 0.882 bits per heavy atom. The second-order valence-corrected chi connectivity index (χ2v) is 4.36. The van der Waals surface area contributed by atoms with Gasteiger partial charge in [0.1, 0.15) is 17.4 Å². The second kappa shape index (κ2) is 4.61. The van der Waals surface area contributed by atoms with Crippen LogP contribution in [0, 0.1) is 0 Å². The van der Waals surface area contributed by atoms with Gasteiger partial charge in [-0.3, -0.25) is 0 Å². The first-order valence-corrected chi connectivity index (χ1v) is 6.11. The molecule has 3 heterocycles. The van der Waals surface area contributed by atoms with Crippen LogP contribution in [0.3, 0.4) is 0 Å². The van der Waals surface area contributed by atoms with Gasteiger partial charge >= 0.3 is 0 Å². The number of hydrogen-bond donors (Lipinski definition) is 0. The molecule has 0 radical (unpaired) electrons. The van der Waals surface area contributed by atoms with Crippen LogP contribution in [-0.2, 0) is 0 Å². The van der Waals surface area contributed by atoms with Gasteiger partial charge in [-0.15, -0.1) is 0 Å². The lowest BCUT2D eigenvalue weighted by Crippen LogP contribution is -2.25. The number of nitrogens with zero attached hydrogens (tertiary/aromatic N) is 5. The maximum absolute atomic E-state index is 4.53. The predicted octanol–water partition coefficient (Wildman–Crippen LogP) is 1.80. The minimum Gasteiger partial charge on any atom is -0.341 e. The van der Waals surface area contributed by atoms with Gasteiger partial charge in [0.15, 0.2) is 0 Å². The number of rotatable bonds is 1. The average molecular weight is 229 g/mol. The normalized spacial score (nSPS) is 17.1. The standard InChI is InChI=1S/C12H15N5/c1-2-4-6-17(5-3-1)12-14-8-10-11(16-12)7-13-9-15-10/h7-9H,1-6H2. The topological polar surface area (TPSA) is 54.8 Å². The van der Waals surface area contributed by atoms with E-state index < -0.39 is 0 Å². The van der Waals surface area contributed by atoms with Crippen molar-refractivity contribution in [3.63, 3.8) is 0 Å². The first kappa shape index (κ1) is 10.4. The summed E-state index contributed by atoms with van der Waals surface area (Å²) in [4.78, 5) is 19.3. The number of fused-ring (bicyclic) bond motifs is 1. The van der Waals surface area contributed by atoms with Crippen molar-refractivity contribution in [2.75, 3.05) is 18.0 Å². The molecule has 88 valence electrons. The van der Waals surface area contributed by atoms with Crippen LogP contribution in [-0.4, -0.2) is 33.0 Å². The molecule has 5 heteroatoms. The quantitative estimate of drug-likeness (QED) is 0.746. The first-order valence-electron chi connectivity index (χ1n) is 6.11. The molecule has 1 aliphatic heterocycles. The largest absolute Gasteiger partial charge is 0.341 e. The van der Waals surface area contributed by atoms with Gasteiger partial charge in [-0.1, -0.05) is 12.8 Å². The van der Waals surface area contributed by atoms with E-state index in [0.717, 1.165) is 30.1 Å². The highest BCUT2D eigenvalue weighted by Gasteiger charge is 2.12. The Labute approximate surface area is 99.9 Å². The third-order valence-corrected chi connectivity index (χ3v) is 3.13. The summed E-state index contributed by atoms with van der Waals surface area (Å²) in [6.45, 7) is 2.11. The van der Waals surface area contributed by atoms with Crippen molar-refractivity contribution < 1.29 is 0 Å². The van der Waals surface area contributed by atoms with E-state index in [-0.39, 0.29) is 0 Å². The Morgan fingerprint density at radius 2 is 1.71 bits per heavy atom. The molecular weight excluding hydrogens is 214 g/mol. The van der Waals surface area contributed by atoms with Crippen molar-refractivity contribution in [1.29, 1.82) is 0 Å². The molecule has 1 fully saturated rings. The summed E-state index contributed by atoms with van der Waals surface area (Å²) >= 11 is 0. The fourth-order valence-electron chi connectivity index (χ4n) is 2.20. The molecule has 2 aromatic rings. The lowest BCUT2D eigenvalue weighted by atomic mass is 10.2. The van der Waals surface area contributed by atoms with Gasteiger partial charge in [-0.2, -0.15) is 0 Å². The van der Waals surface area contributed by atoms with Crippen LogP contribution in [0.1, 0.15) is 25.7 Å². The minimum atomic E-state index is 0.804. The Kier molecular flexibility index (Phi) is 2.81. The summed E-state index contributed by atoms with van der Waals surface area (Å²) < 4.78 is 0. The van der Waals surface area contributed by atoms with Crippen LogP contribution in [0.4, 0.5) is 5.95 Å². The zero-order valence-electron chi connectivity index (χ0n) is 9.71. The molecule has 0 spiro atoms. The SMILES string of the molecule is c1ncc2nc(N3CCCCCC3)ncc2n1. The maximum Gasteiger partial charge on any atom is 0.226 e. The summed E-state index contributed by atoms with van der Waals surface area (Å²) in [6, 6.07) is 0. The zero-order chi connectivity index (χ0) is 11.5. The Bertz CT molecular complexity index is 505. The summed E-state index contributed by atoms with van der Waals surface area (Å²) in [5.41, 5.74) is 1.63. The monoisotopic (exact) mass is 229 g/mol. The molecule has 0 bridgehead atoms. The molecule has 0 unspecified atom stereocenters. The molecule has 0 aromatic carbocycles. The van der Waals surface area contributed by atoms with E-state index >= 15 is 0 Å². The van der Waals surface area contributed by atoms with Crippen molar-refractivity contribution in [1.82, 2.24) is 19.9 Å². The first-order chi connectivity index (χ1) is 8.43. The van der Waals surface area contributed by atoms with Crippen LogP contribution in [0.15, 0.2) is 18.7 Å². The number of hydrogen-bond acceptors (Lipinski definition) is 5. The summed E-state index contributed by atoms with van der Waals surface area (Å²) in [6.07, 6.45) is 10.1. The molecule has 1 saturated heterocycles. The van der Waals surface area contributed by atoms with E-state index in [1.54, 1.807) is 12.4 Å². The van der Waals surface area contributed by atoms with E-state index in [1.165, 1.54) is 32.0 Å². The van der Waals surface area contributed by atoms with Crippen LogP contribution >= 0.6 is 0 Å². The molecule has 0 aliphatic carbocycles. The predicted molar refractivity (Wildman–Crippen MR) is 65.8 cm³/mol. The van der Waals surface area contributed by atoms with Crippen LogP contribution in [0.2, 0.25) is 0 Å². The fourth-order valence-corrected chi connectivity index (χ4v) is 2.20. The lowest BCUT2D eigenvalue weighted by molar-refractivity contribution is 0.726. The van der Waals surface area contributed by atoms with Gasteiger partial charge in [-0.25, -0.2) is 19.9 Å². The second-order valence-electron chi connectivity index (χ2n) is 4.36. The third-order valence-electron chi connectivity index (χ3n) is 3.13. The molecule has 2 aromatic heterocycles. The van der Waals surface area contributed by atoms with Crippen molar-refractivity contribution in [3.8, 4) is 0 Å². The summed E-state index contributed by atoms with van der Waals surface area (Å²) in [5.74, 6) is 0.814. The minimum absolute atomic E-state index is 0.804. The van der Waals surface area contributed by atoms with E-state index in [4.69, 9.17) is 0 Å². The molecule has 0 N–H and O–H groups in total. The smallest absolute Gasteiger partial charge is 0.226 e. The zero-order valence-corrected chi connectivity index (χ0v) is 9.71. The molecule has 0 amide bonds. The van der Waals surface area contributed by atoms with Crippen LogP contribution in [0.5, 0.6) is 0 Å². The number of anilines is 1. The van der Waals surface area contributed by atoms with Crippen LogP contribution < -0.4 is 4.90 Å². The van der Waals surface area contributed by atoms with Crippen molar-refractivity contribution in [2.45, 2.75) is 25.7 Å². The van der Waals surface area contributed by atoms with Crippen molar-refractivity contribution >= 4 is 17.0 Å². The lowest BCUT2D eigenvalue weighted by Gasteiger charge is -2.19. The highest BCUT2D eigenvalue weighted by atomic mass is 15.2. The van der Waals surface area contributed by atoms with Gasteiger partial charge in [0, 0.05) is 13.1 Å². The van der Waals surface area contributed by atoms with E-state index in [9.17, 15) is 0 Å². The van der Waals surface area contributed by atoms with Crippen LogP contribution in [0.25, 0.3) is 11.0 Å². The van der Waals surface area contributed by atoms with Gasteiger partial charge in [0.2, 0.25) is 5.95 Å². The highest BCUT2D eigenvalue weighted by molar-refractivity contribution is 5.72. The van der Waals surface area contributed by atoms with E-state index in [0.29, 0.717) is 0 Å². The molecule has 0 atom stereocenters. The average Bonchev–Trinajstić information content (AvgIpc) is 2.67.